The first kappa shape index (κ1) is 15.2. The summed E-state index contributed by atoms with van der Waals surface area (Å²) in [6.45, 7) is 6.75. The summed E-state index contributed by atoms with van der Waals surface area (Å²) in [4.78, 5) is 26.6. The maximum atomic E-state index is 11.1. The Hall–Kier alpha value is -1.85. The van der Waals surface area contributed by atoms with E-state index >= 15 is 0 Å². The van der Waals surface area contributed by atoms with E-state index in [2.05, 4.69) is 11.4 Å². The minimum absolute atomic E-state index is 0.114. The van der Waals surface area contributed by atoms with Gasteiger partial charge < -0.3 is 9.84 Å². The van der Waals surface area contributed by atoms with Gasteiger partial charge in [0.2, 0.25) is 0 Å². The van der Waals surface area contributed by atoms with E-state index in [1.54, 1.807) is 6.92 Å². The topological polar surface area (TPSA) is 75.8 Å². The van der Waals surface area contributed by atoms with Crippen LogP contribution in [0.15, 0.2) is 23.6 Å². The van der Waals surface area contributed by atoms with Crippen molar-refractivity contribution in [2.75, 3.05) is 14.2 Å². The van der Waals surface area contributed by atoms with Crippen molar-refractivity contribution in [1.82, 2.24) is 0 Å². The van der Waals surface area contributed by atoms with Crippen LogP contribution in [0.25, 0.3) is 0 Å². The van der Waals surface area contributed by atoms with E-state index in [0.717, 1.165) is 0 Å². The second-order valence-corrected chi connectivity index (χ2v) is 3.61. The molecular weight excluding hydrogens is 226 g/mol. The Balaban J connectivity index is 4.85. The van der Waals surface area contributed by atoms with Crippen LogP contribution in [0, 0.1) is 10.8 Å². The molecule has 0 aromatic carbocycles. The molecule has 0 aromatic rings. The number of carboxylic acids is 1. The first-order chi connectivity index (χ1) is 7.84. The minimum atomic E-state index is -1.05. The van der Waals surface area contributed by atoms with Crippen LogP contribution in [0.3, 0.4) is 0 Å². The van der Waals surface area contributed by atoms with Crippen molar-refractivity contribution in [2.45, 2.75) is 20.3 Å². The van der Waals surface area contributed by atoms with Crippen molar-refractivity contribution in [3.8, 4) is 0 Å². The number of methoxy groups -OCH3 is 1. The molecule has 1 N–H and O–H groups in total. The molecule has 0 saturated heterocycles. The third-order valence-corrected chi connectivity index (χ3v) is 2.32. The molecule has 17 heavy (non-hydrogen) atoms. The van der Waals surface area contributed by atoms with Gasteiger partial charge in [-0.3, -0.25) is 0 Å². The van der Waals surface area contributed by atoms with Gasteiger partial charge in [-0.2, -0.15) is 0 Å². The number of carbonyl (C=O) groups is 1. The summed E-state index contributed by atoms with van der Waals surface area (Å²) in [6.07, 6.45) is 0.255. The van der Waals surface area contributed by atoms with Gasteiger partial charge in [0.1, 0.15) is 5.76 Å². The van der Waals surface area contributed by atoms with Gasteiger partial charge in [-0.1, -0.05) is 6.92 Å². The first-order valence-electron chi connectivity index (χ1n) is 5.02. The molecule has 0 saturated carbocycles. The number of hydrogen-bond donors (Lipinski definition) is 1. The van der Waals surface area contributed by atoms with Crippen LogP contribution in [-0.4, -0.2) is 30.2 Å². The fourth-order valence-corrected chi connectivity index (χ4v) is 1.48. The van der Waals surface area contributed by atoms with Crippen molar-refractivity contribution >= 4 is 5.97 Å². The number of hydrogen-bond acceptors (Lipinski definition) is 4. The molecule has 0 aliphatic rings. The summed E-state index contributed by atoms with van der Waals surface area (Å²) in [5.74, 6) is -0.997. The van der Waals surface area contributed by atoms with E-state index in [-0.39, 0.29) is 23.6 Å². The maximum Gasteiger partial charge on any atom is 0.334 e. The van der Waals surface area contributed by atoms with Gasteiger partial charge in [0, 0.05) is 5.92 Å². The second-order valence-electron chi connectivity index (χ2n) is 3.61. The smallest absolute Gasteiger partial charge is 0.334 e. The molecule has 0 aliphatic carbocycles. The lowest BCUT2D eigenvalue weighted by Crippen LogP contribution is -2.14. The molecule has 0 bridgehead atoms. The van der Waals surface area contributed by atoms with E-state index in [1.807, 2.05) is 0 Å². The highest BCUT2D eigenvalue weighted by Gasteiger charge is 2.24. The van der Waals surface area contributed by atoms with Crippen LogP contribution in [0.4, 0.5) is 0 Å². The molecule has 0 radical (unpaired) electrons. The van der Waals surface area contributed by atoms with E-state index in [4.69, 9.17) is 9.84 Å². The maximum absolute atomic E-state index is 11.1. The number of aliphatic carboxylic acids is 1. The van der Waals surface area contributed by atoms with Gasteiger partial charge in [-0.05, 0) is 13.5 Å². The van der Waals surface area contributed by atoms with Gasteiger partial charge in [0.25, 0.3) is 10.6 Å². The monoisotopic (exact) mass is 244 g/mol. The zero-order valence-corrected chi connectivity index (χ0v) is 10.5. The summed E-state index contributed by atoms with van der Waals surface area (Å²) in [5.41, 5.74) is 0.315. The Bertz CT molecular complexity index is 359. The summed E-state index contributed by atoms with van der Waals surface area (Å²) < 4.78 is 5.05. The van der Waals surface area contributed by atoms with Crippen LogP contribution >= 0.6 is 0 Å². The van der Waals surface area contributed by atoms with Gasteiger partial charge in [0.05, 0.1) is 24.0 Å². The van der Waals surface area contributed by atoms with E-state index in [0.29, 0.717) is 10.7 Å². The van der Waals surface area contributed by atoms with Crippen LogP contribution in [-0.2, 0) is 14.4 Å². The molecule has 0 unspecified atom stereocenters. The minimum Gasteiger partial charge on any atom is -0.500 e. The van der Waals surface area contributed by atoms with Gasteiger partial charge >= 0.3 is 5.97 Å². The lowest BCUT2D eigenvalue weighted by atomic mass is 10.0. The van der Waals surface area contributed by atoms with Crippen LogP contribution in [0.1, 0.15) is 20.3 Å². The standard InChI is InChI=1S/C11H17NO5/c1-7(6-8(2)12(15)17-5)10(16-4)9(3)11(13)14/h7H,2,6H2,1,3-5H3/p+1/b10-9-/t7-/m1/s1. The molecule has 0 aliphatic heterocycles. The Morgan fingerprint density at radius 1 is 1.47 bits per heavy atom. The molecule has 0 aromatic heterocycles. The average molecular weight is 244 g/mol. The predicted octanol–water partition coefficient (Wildman–Crippen LogP) is 1.87. The van der Waals surface area contributed by atoms with Gasteiger partial charge in [-0.25, -0.2) is 9.63 Å². The number of rotatable bonds is 7. The summed E-state index contributed by atoms with van der Waals surface area (Å²) in [7, 11) is 2.63. The molecule has 6 nitrogen and oxygen atoms in total. The largest absolute Gasteiger partial charge is 0.500 e. The Morgan fingerprint density at radius 2 is 2.00 bits per heavy atom. The van der Waals surface area contributed by atoms with Gasteiger partial charge in [-0.15, -0.1) is 0 Å². The van der Waals surface area contributed by atoms with Gasteiger partial charge in [0.15, 0.2) is 7.11 Å². The summed E-state index contributed by atoms with van der Waals surface area (Å²) in [6, 6.07) is 0. The fourth-order valence-electron chi connectivity index (χ4n) is 1.48. The number of nitrogens with zero attached hydrogens (tertiary/aromatic N) is 1. The molecule has 0 spiro atoms. The number of carboxylic acid groups (broad SMARTS) is 1. The molecule has 96 valence electrons. The fraction of sp³-hybridized carbons (Fsp3) is 0.545. The van der Waals surface area contributed by atoms with Crippen molar-refractivity contribution in [2.24, 2.45) is 5.92 Å². The van der Waals surface area contributed by atoms with Crippen molar-refractivity contribution < 1.29 is 24.4 Å². The van der Waals surface area contributed by atoms with E-state index < -0.39 is 5.97 Å². The Morgan fingerprint density at radius 3 is 2.35 bits per heavy atom. The van der Waals surface area contributed by atoms with E-state index in [1.165, 1.54) is 21.1 Å². The Labute approximate surface area is 100 Å². The number of ether oxygens (including phenoxy) is 1. The second kappa shape index (κ2) is 6.67. The molecule has 0 rings (SSSR count). The normalized spacial score (nSPS) is 13.4. The average Bonchev–Trinajstić information content (AvgIpc) is 2.28. The lowest BCUT2D eigenvalue weighted by Gasteiger charge is -2.14. The molecule has 1 atom stereocenters. The first-order valence-corrected chi connectivity index (χ1v) is 5.02. The quantitative estimate of drug-likeness (QED) is 0.420. The van der Waals surface area contributed by atoms with Crippen molar-refractivity contribution in [3.05, 3.63) is 28.5 Å². The highest BCUT2D eigenvalue weighted by molar-refractivity contribution is 5.86. The molecule has 0 fully saturated rings. The Kier molecular flexibility index (Phi) is 5.95. The SMILES string of the molecule is C=C(C[C@@H](C)/C(OC)=C(\C)C(=O)O)[N+](=O)OC. The predicted molar refractivity (Wildman–Crippen MR) is 60.9 cm³/mol. The highest BCUT2D eigenvalue weighted by Crippen LogP contribution is 2.22. The van der Waals surface area contributed by atoms with Crippen LogP contribution in [0.5, 0.6) is 0 Å². The highest BCUT2D eigenvalue weighted by atomic mass is 16.8. The molecule has 0 amide bonds. The third kappa shape index (κ3) is 4.26. The summed E-state index contributed by atoms with van der Waals surface area (Å²) >= 11 is 0. The van der Waals surface area contributed by atoms with Crippen molar-refractivity contribution in [1.29, 1.82) is 0 Å². The zero-order chi connectivity index (χ0) is 13.6. The lowest BCUT2D eigenvalue weighted by molar-refractivity contribution is -0.762. The van der Waals surface area contributed by atoms with Crippen LogP contribution < -0.4 is 0 Å². The molecular formula is C11H18NO5+. The molecule has 6 heteroatoms. The van der Waals surface area contributed by atoms with Crippen LogP contribution in [0.2, 0.25) is 0 Å². The molecule has 0 heterocycles. The third-order valence-electron chi connectivity index (χ3n) is 2.32. The summed E-state index contributed by atoms with van der Waals surface area (Å²) in [5, 5.41) is 8.86. The number of allylic oxidation sites excluding steroid dienone is 2. The zero-order valence-electron chi connectivity index (χ0n) is 10.5. The van der Waals surface area contributed by atoms with Crippen molar-refractivity contribution in [3.63, 3.8) is 0 Å². The van der Waals surface area contributed by atoms with E-state index in [9.17, 15) is 9.70 Å².